The van der Waals surface area contributed by atoms with Gasteiger partial charge in [-0.05, 0) is 75.6 Å². The second-order valence-electron chi connectivity index (χ2n) is 11.4. The lowest BCUT2D eigenvalue weighted by molar-refractivity contribution is 0.0382. The molecule has 1 amide bonds. The molecule has 1 unspecified atom stereocenters. The number of amides is 1. The molecule has 5 rings (SSSR count). The summed E-state index contributed by atoms with van der Waals surface area (Å²) in [6.45, 7) is 9.98. The molecule has 2 aliphatic heterocycles. The summed E-state index contributed by atoms with van der Waals surface area (Å²) in [5, 5.41) is 16.0. The molecule has 1 saturated carbocycles. The van der Waals surface area contributed by atoms with E-state index in [0.29, 0.717) is 35.0 Å². The number of carbonyl (C=O) groups excluding carboxylic acids is 1. The van der Waals surface area contributed by atoms with Crippen LogP contribution < -0.4 is 20.4 Å². The lowest BCUT2D eigenvalue weighted by Gasteiger charge is -2.34. The van der Waals surface area contributed by atoms with Crippen LogP contribution in [-0.2, 0) is 4.74 Å². The van der Waals surface area contributed by atoms with Crippen molar-refractivity contribution in [3.05, 3.63) is 35.9 Å². The fourth-order valence-corrected chi connectivity index (χ4v) is 5.22. The molecule has 3 aliphatic rings. The predicted molar refractivity (Wildman–Crippen MR) is 147 cm³/mol. The standard InChI is InChI=1S/C28H40N6O3/c1-4-20-18-34(16-17-37-20)24-7-5-6-22(29-24)31-26(36)21-8-9-23(32-27(2,3)19-35)30-25(21)33-14-12-28(10-11-28)13-15-33/h5-9,20,35H,4,10-19H2,1-3H3,(H,30,32)(H,29,31,36). The fraction of sp³-hybridized carbons (Fsp3) is 0.607. The molecule has 0 bridgehead atoms. The summed E-state index contributed by atoms with van der Waals surface area (Å²) >= 11 is 0. The van der Waals surface area contributed by atoms with Gasteiger partial charge >= 0.3 is 0 Å². The van der Waals surface area contributed by atoms with Gasteiger partial charge in [0.15, 0.2) is 0 Å². The number of hydrogen-bond acceptors (Lipinski definition) is 8. The van der Waals surface area contributed by atoms with E-state index in [9.17, 15) is 9.90 Å². The Morgan fingerprint density at radius 1 is 1.08 bits per heavy atom. The minimum atomic E-state index is -0.519. The molecule has 1 atom stereocenters. The number of aliphatic hydroxyl groups is 1. The van der Waals surface area contributed by atoms with E-state index in [1.165, 1.54) is 12.8 Å². The Labute approximate surface area is 219 Å². The molecule has 1 spiro atoms. The van der Waals surface area contributed by atoms with E-state index in [1.54, 1.807) is 0 Å². The first-order valence-electron chi connectivity index (χ1n) is 13.6. The van der Waals surface area contributed by atoms with Crippen molar-refractivity contribution in [1.82, 2.24) is 9.97 Å². The zero-order valence-electron chi connectivity index (χ0n) is 22.3. The summed E-state index contributed by atoms with van der Waals surface area (Å²) < 4.78 is 5.80. The average Bonchev–Trinajstić information content (AvgIpc) is 3.67. The Morgan fingerprint density at radius 2 is 1.86 bits per heavy atom. The Hall–Kier alpha value is -2.91. The molecule has 4 heterocycles. The maximum atomic E-state index is 13.5. The molecule has 0 radical (unpaired) electrons. The first-order chi connectivity index (χ1) is 17.8. The fourth-order valence-electron chi connectivity index (χ4n) is 5.22. The SMILES string of the molecule is CCC1CN(c2cccc(NC(=O)c3ccc(NC(C)(C)CO)nc3N3CCC4(CC3)CC4)n2)CCO1. The average molecular weight is 509 g/mol. The molecule has 3 N–H and O–H groups in total. The van der Waals surface area contributed by atoms with Crippen LogP contribution in [0.15, 0.2) is 30.3 Å². The normalized spacial score (nSPS) is 21.1. The number of carbonyl (C=O) groups is 1. The quantitative estimate of drug-likeness (QED) is 0.493. The van der Waals surface area contributed by atoms with Crippen LogP contribution in [0.3, 0.4) is 0 Å². The van der Waals surface area contributed by atoms with E-state index in [1.807, 2.05) is 44.2 Å². The molecule has 0 aromatic carbocycles. The largest absolute Gasteiger partial charge is 0.394 e. The summed E-state index contributed by atoms with van der Waals surface area (Å²) in [5.41, 5.74) is 0.534. The number of piperidine rings is 1. The number of nitrogens with zero attached hydrogens (tertiary/aromatic N) is 4. The molecule has 2 aromatic heterocycles. The Balaban J connectivity index is 1.36. The van der Waals surface area contributed by atoms with Crippen LogP contribution in [0.1, 0.15) is 63.2 Å². The summed E-state index contributed by atoms with van der Waals surface area (Å²) in [7, 11) is 0. The van der Waals surface area contributed by atoms with E-state index in [-0.39, 0.29) is 18.6 Å². The topological polar surface area (TPSA) is 103 Å². The number of rotatable bonds is 8. The molecule has 1 aliphatic carbocycles. The van der Waals surface area contributed by atoms with Crippen LogP contribution in [0.25, 0.3) is 0 Å². The Bertz CT molecular complexity index is 1110. The van der Waals surface area contributed by atoms with Gasteiger partial charge in [0.2, 0.25) is 0 Å². The van der Waals surface area contributed by atoms with Gasteiger partial charge in [0, 0.05) is 26.2 Å². The van der Waals surface area contributed by atoms with Gasteiger partial charge in [-0.1, -0.05) is 13.0 Å². The van der Waals surface area contributed by atoms with Gasteiger partial charge in [0.1, 0.15) is 23.3 Å². The summed E-state index contributed by atoms with van der Waals surface area (Å²) in [6.07, 6.45) is 6.07. The molecule has 9 heteroatoms. The van der Waals surface area contributed by atoms with Gasteiger partial charge in [0.05, 0.1) is 30.4 Å². The lowest BCUT2D eigenvalue weighted by atomic mass is 9.93. The molecular formula is C28H40N6O3. The second kappa shape index (κ2) is 10.5. The van der Waals surface area contributed by atoms with E-state index in [0.717, 1.165) is 51.3 Å². The first-order valence-corrected chi connectivity index (χ1v) is 13.6. The van der Waals surface area contributed by atoms with Crippen molar-refractivity contribution in [2.45, 2.75) is 64.5 Å². The molecule has 3 fully saturated rings. The van der Waals surface area contributed by atoms with Crippen molar-refractivity contribution in [2.75, 3.05) is 59.8 Å². The zero-order valence-corrected chi connectivity index (χ0v) is 22.3. The van der Waals surface area contributed by atoms with Crippen molar-refractivity contribution in [3.63, 3.8) is 0 Å². The first kappa shape index (κ1) is 25.7. The number of aromatic nitrogens is 2. The third-order valence-electron chi connectivity index (χ3n) is 7.96. The third-order valence-corrected chi connectivity index (χ3v) is 7.96. The number of hydrogen-bond donors (Lipinski definition) is 3. The van der Waals surface area contributed by atoms with Crippen LogP contribution in [0.4, 0.5) is 23.3 Å². The Kier molecular flexibility index (Phi) is 7.27. The lowest BCUT2D eigenvalue weighted by Crippen LogP contribution is -2.42. The molecule has 200 valence electrons. The van der Waals surface area contributed by atoms with Gasteiger partial charge in [0.25, 0.3) is 5.91 Å². The summed E-state index contributed by atoms with van der Waals surface area (Å²) in [4.78, 5) is 27.6. The van der Waals surface area contributed by atoms with Gasteiger partial charge in [-0.3, -0.25) is 4.79 Å². The van der Waals surface area contributed by atoms with Crippen LogP contribution in [0.5, 0.6) is 0 Å². The highest BCUT2D eigenvalue weighted by atomic mass is 16.5. The highest BCUT2D eigenvalue weighted by Crippen LogP contribution is 2.54. The minimum Gasteiger partial charge on any atom is -0.394 e. The number of morpholine rings is 1. The number of ether oxygens (including phenoxy) is 1. The predicted octanol–water partition coefficient (Wildman–Crippen LogP) is 3.91. The van der Waals surface area contributed by atoms with Crippen molar-refractivity contribution in [3.8, 4) is 0 Å². The smallest absolute Gasteiger partial charge is 0.260 e. The van der Waals surface area contributed by atoms with Crippen molar-refractivity contribution in [1.29, 1.82) is 0 Å². The van der Waals surface area contributed by atoms with Crippen molar-refractivity contribution < 1.29 is 14.6 Å². The number of anilines is 4. The molecule has 9 nitrogen and oxygen atoms in total. The summed E-state index contributed by atoms with van der Waals surface area (Å²) in [5.74, 6) is 2.47. The van der Waals surface area contributed by atoms with Crippen LogP contribution in [0, 0.1) is 5.41 Å². The van der Waals surface area contributed by atoms with E-state index in [2.05, 4.69) is 27.4 Å². The minimum absolute atomic E-state index is 0.0252. The van der Waals surface area contributed by atoms with E-state index < -0.39 is 5.54 Å². The van der Waals surface area contributed by atoms with Gasteiger partial charge in [-0.15, -0.1) is 0 Å². The zero-order chi connectivity index (χ0) is 26.0. The monoisotopic (exact) mass is 508 g/mol. The molecule has 2 aromatic rings. The van der Waals surface area contributed by atoms with Crippen LogP contribution >= 0.6 is 0 Å². The van der Waals surface area contributed by atoms with Gasteiger partial charge in [-0.2, -0.15) is 0 Å². The van der Waals surface area contributed by atoms with Crippen LogP contribution in [0.2, 0.25) is 0 Å². The Morgan fingerprint density at radius 3 is 2.57 bits per heavy atom. The van der Waals surface area contributed by atoms with E-state index >= 15 is 0 Å². The van der Waals surface area contributed by atoms with Gasteiger partial charge in [-0.25, -0.2) is 9.97 Å². The highest BCUT2D eigenvalue weighted by Gasteiger charge is 2.45. The molecule has 37 heavy (non-hydrogen) atoms. The number of nitrogens with one attached hydrogen (secondary N) is 2. The molecular weight excluding hydrogens is 468 g/mol. The van der Waals surface area contributed by atoms with Crippen LogP contribution in [-0.4, -0.2) is 72.0 Å². The van der Waals surface area contributed by atoms with Crippen molar-refractivity contribution >= 4 is 29.2 Å². The molecule has 2 saturated heterocycles. The maximum Gasteiger partial charge on any atom is 0.260 e. The maximum absolute atomic E-state index is 13.5. The van der Waals surface area contributed by atoms with E-state index in [4.69, 9.17) is 14.7 Å². The third kappa shape index (κ3) is 5.99. The second-order valence-corrected chi connectivity index (χ2v) is 11.4. The highest BCUT2D eigenvalue weighted by molar-refractivity contribution is 6.07. The summed E-state index contributed by atoms with van der Waals surface area (Å²) in [6, 6.07) is 9.36. The van der Waals surface area contributed by atoms with Crippen molar-refractivity contribution in [2.24, 2.45) is 5.41 Å². The number of aliphatic hydroxyl groups excluding tert-OH is 1. The number of pyridine rings is 2. The van der Waals surface area contributed by atoms with Gasteiger partial charge < -0.3 is 30.3 Å².